The van der Waals surface area contributed by atoms with Gasteiger partial charge in [-0.05, 0) is 32.3 Å². The number of hydrogen-bond donors (Lipinski definition) is 0. The fraction of sp³-hybridized carbons (Fsp3) is 0.593. The first-order chi connectivity index (χ1) is 17.2. The van der Waals surface area contributed by atoms with Crippen molar-refractivity contribution in [2.75, 3.05) is 46.6 Å². The second-order valence-corrected chi connectivity index (χ2v) is 9.40. The fourth-order valence-corrected chi connectivity index (χ4v) is 4.20. The Morgan fingerprint density at radius 2 is 1.86 bits per heavy atom. The van der Waals surface area contributed by atoms with Crippen molar-refractivity contribution in [3.05, 3.63) is 33.9 Å². The molecule has 0 bridgehead atoms. The van der Waals surface area contributed by atoms with Crippen molar-refractivity contribution in [1.29, 1.82) is 0 Å². The number of benzene rings is 1. The molecule has 3 rings (SSSR count). The van der Waals surface area contributed by atoms with Gasteiger partial charge in [-0.2, -0.15) is 0 Å². The number of ether oxygens (including phenoxy) is 5. The number of cyclic esters (lactones) is 1. The van der Waals surface area contributed by atoms with Crippen LogP contribution in [0.5, 0.6) is 11.5 Å². The number of carbonyl (C=O) groups excluding carboxylic acids is 3. The van der Waals surface area contributed by atoms with Crippen LogP contribution in [0.4, 0.5) is 0 Å². The van der Waals surface area contributed by atoms with E-state index in [4.69, 9.17) is 23.7 Å². The van der Waals surface area contributed by atoms with Gasteiger partial charge in [0.25, 0.3) is 0 Å². The number of methoxy groups -OCH3 is 1. The van der Waals surface area contributed by atoms with Gasteiger partial charge in [0, 0.05) is 37.2 Å². The SMILES string of the molecule is COc1c(C)c2c(c(OC(=O)C(C)C)c1C/C=C(\C)CCC(=O)OCCN1CCOCC1)C(=O)OC2. The molecule has 0 radical (unpaired) electrons. The maximum Gasteiger partial charge on any atom is 0.342 e. The first-order valence-electron chi connectivity index (χ1n) is 12.4. The second-order valence-electron chi connectivity index (χ2n) is 9.40. The lowest BCUT2D eigenvalue weighted by Gasteiger charge is -2.26. The lowest BCUT2D eigenvalue weighted by atomic mass is 9.94. The molecule has 198 valence electrons. The zero-order valence-electron chi connectivity index (χ0n) is 21.9. The van der Waals surface area contributed by atoms with Crippen molar-refractivity contribution in [1.82, 2.24) is 4.90 Å². The van der Waals surface area contributed by atoms with Crippen LogP contribution in [0.25, 0.3) is 0 Å². The van der Waals surface area contributed by atoms with Crippen LogP contribution >= 0.6 is 0 Å². The Hall–Kier alpha value is -2.91. The summed E-state index contributed by atoms with van der Waals surface area (Å²) in [6.07, 6.45) is 3.12. The minimum atomic E-state index is -0.510. The maximum absolute atomic E-state index is 12.5. The minimum absolute atomic E-state index is 0.116. The molecular formula is C27H37NO8. The van der Waals surface area contributed by atoms with Crippen LogP contribution in [0.3, 0.4) is 0 Å². The molecule has 2 aliphatic heterocycles. The van der Waals surface area contributed by atoms with Crippen LogP contribution in [-0.2, 0) is 36.8 Å². The summed E-state index contributed by atoms with van der Waals surface area (Å²) in [5, 5.41) is 0. The number of esters is 3. The molecule has 0 aliphatic carbocycles. The first kappa shape index (κ1) is 27.7. The molecule has 0 aromatic heterocycles. The number of morpholine rings is 1. The van der Waals surface area contributed by atoms with Crippen LogP contribution in [0.15, 0.2) is 11.6 Å². The van der Waals surface area contributed by atoms with Gasteiger partial charge in [-0.25, -0.2) is 4.79 Å². The highest BCUT2D eigenvalue weighted by atomic mass is 16.6. The molecule has 1 aromatic carbocycles. The number of nitrogens with zero attached hydrogens (tertiary/aromatic N) is 1. The summed E-state index contributed by atoms with van der Waals surface area (Å²) in [5.41, 5.74) is 3.32. The van der Waals surface area contributed by atoms with Crippen molar-refractivity contribution in [2.45, 2.75) is 53.6 Å². The number of fused-ring (bicyclic) bond motifs is 1. The Morgan fingerprint density at radius 3 is 2.53 bits per heavy atom. The van der Waals surface area contributed by atoms with E-state index in [-0.39, 0.29) is 36.2 Å². The molecule has 1 fully saturated rings. The third kappa shape index (κ3) is 6.85. The molecule has 0 atom stereocenters. The summed E-state index contributed by atoms with van der Waals surface area (Å²) < 4.78 is 27.3. The molecule has 9 nitrogen and oxygen atoms in total. The summed E-state index contributed by atoms with van der Waals surface area (Å²) in [6.45, 7) is 11.6. The van der Waals surface area contributed by atoms with Crippen LogP contribution in [-0.4, -0.2) is 69.4 Å². The Morgan fingerprint density at radius 1 is 1.14 bits per heavy atom. The highest BCUT2D eigenvalue weighted by molar-refractivity contribution is 5.99. The second kappa shape index (κ2) is 12.9. The van der Waals surface area contributed by atoms with Crippen molar-refractivity contribution in [3.63, 3.8) is 0 Å². The van der Waals surface area contributed by atoms with Crippen LogP contribution in [0.1, 0.15) is 60.7 Å². The predicted octanol–water partition coefficient (Wildman–Crippen LogP) is 3.38. The maximum atomic E-state index is 12.5. The topological polar surface area (TPSA) is 101 Å². The van der Waals surface area contributed by atoms with Gasteiger partial charge >= 0.3 is 17.9 Å². The van der Waals surface area contributed by atoms with E-state index in [2.05, 4.69) is 4.90 Å². The molecule has 2 aliphatic rings. The van der Waals surface area contributed by atoms with Crippen molar-refractivity contribution in [3.8, 4) is 11.5 Å². The molecule has 0 unspecified atom stereocenters. The monoisotopic (exact) mass is 503 g/mol. The lowest BCUT2D eigenvalue weighted by Crippen LogP contribution is -2.38. The van der Waals surface area contributed by atoms with Crippen LogP contribution < -0.4 is 9.47 Å². The average Bonchev–Trinajstić information content (AvgIpc) is 3.25. The summed E-state index contributed by atoms with van der Waals surface area (Å²) in [7, 11) is 1.55. The van der Waals surface area contributed by atoms with E-state index in [1.165, 1.54) is 0 Å². The Bertz CT molecular complexity index is 1010. The van der Waals surface area contributed by atoms with E-state index in [0.29, 0.717) is 56.1 Å². The predicted molar refractivity (Wildman–Crippen MR) is 132 cm³/mol. The number of carbonyl (C=O) groups is 3. The van der Waals surface area contributed by atoms with E-state index in [1.807, 2.05) is 19.9 Å². The summed E-state index contributed by atoms with van der Waals surface area (Å²) in [6, 6.07) is 0. The molecule has 0 spiro atoms. The van der Waals surface area contributed by atoms with E-state index in [9.17, 15) is 14.4 Å². The van der Waals surface area contributed by atoms with Gasteiger partial charge in [0.05, 0.1) is 26.2 Å². The van der Waals surface area contributed by atoms with Gasteiger partial charge in [0.15, 0.2) is 5.75 Å². The largest absolute Gasteiger partial charge is 0.496 e. The third-order valence-corrected chi connectivity index (χ3v) is 6.45. The Balaban J connectivity index is 1.68. The van der Waals surface area contributed by atoms with E-state index in [1.54, 1.807) is 21.0 Å². The molecule has 2 heterocycles. The number of rotatable bonds is 11. The van der Waals surface area contributed by atoms with E-state index < -0.39 is 11.9 Å². The molecule has 0 N–H and O–H groups in total. The summed E-state index contributed by atoms with van der Waals surface area (Å²) in [5.74, 6) is -0.805. The molecular weight excluding hydrogens is 466 g/mol. The van der Waals surface area contributed by atoms with Gasteiger partial charge in [-0.3, -0.25) is 14.5 Å². The van der Waals surface area contributed by atoms with Crippen molar-refractivity contribution < 1.29 is 38.1 Å². The zero-order valence-corrected chi connectivity index (χ0v) is 21.9. The molecule has 0 saturated carbocycles. The average molecular weight is 504 g/mol. The van der Waals surface area contributed by atoms with Gasteiger partial charge in [0.1, 0.15) is 24.5 Å². The molecule has 9 heteroatoms. The van der Waals surface area contributed by atoms with E-state index in [0.717, 1.165) is 24.2 Å². The quantitative estimate of drug-likeness (QED) is 0.256. The molecule has 1 aromatic rings. The third-order valence-electron chi connectivity index (χ3n) is 6.45. The van der Waals surface area contributed by atoms with Crippen molar-refractivity contribution >= 4 is 17.9 Å². The standard InChI is InChI=1S/C27H37NO8/c1-17(2)26(30)36-25-20(24(32-5)19(4)21-16-35-27(31)23(21)25)8-6-18(3)7-9-22(29)34-15-12-28-10-13-33-14-11-28/h6,17H,7-16H2,1-5H3/b18-6+. The fourth-order valence-electron chi connectivity index (χ4n) is 4.20. The number of allylic oxidation sites excluding steroid dienone is 2. The van der Waals surface area contributed by atoms with Crippen molar-refractivity contribution in [2.24, 2.45) is 5.92 Å². The highest BCUT2D eigenvalue weighted by Crippen LogP contribution is 2.43. The Labute approximate surface area is 212 Å². The number of hydrogen-bond acceptors (Lipinski definition) is 9. The van der Waals surface area contributed by atoms with Gasteiger partial charge in [-0.1, -0.05) is 25.5 Å². The molecule has 1 saturated heterocycles. The van der Waals surface area contributed by atoms with Gasteiger partial charge in [-0.15, -0.1) is 0 Å². The molecule has 36 heavy (non-hydrogen) atoms. The minimum Gasteiger partial charge on any atom is -0.496 e. The molecule has 0 amide bonds. The summed E-state index contributed by atoms with van der Waals surface area (Å²) in [4.78, 5) is 39.4. The Kier molecular flexibility index (Phi) is 9.89. The van der Waals surface area contributed by atoms with E-state index >= 15 is 0 Å². The lowest BCUT2D eigenvalue weighted by molar-refractivity contribution is -0.144. The van der Waals surface area contributed by atoms with Crippen LogP contribution in [0, 0.1) is 12.8 Å². The van der Waals surface area contributed by atoms with Gasteiger partial charge in [0.2, 0.25) is 0 Å². The normalized spacial score (nSPS) is 16.1. The van der Waals surface area contributed by atoms with Gasteiger partial charge < -0.3 is 23.7 Å². The smallest absolute Gasteiger partial charge is 0.342 e. The van der Waals surface area contributed by atoms with Crippen LogP contribution in [0.2, 0.25) is 0 Å². The highest BCUT2D eigenvalue weighted by Gasteiger charge is 2.34. The summed E-state index contributed by atoms with van der Waals surface area (Å²) >= 11 is 0. The zero-order chi connectivity index (χ0) is 26.2. The first-order valence-corrected chi connectivity index (χ1v) is 12.4.